The Hall–Kier alpha value is -1.39. The molecule has 2 heterocycles. The zero-order valence-corrected chi connectivity index (χ0v) is 10.1. The van der Waals surface area contributed by atoms with E-state index in [1.54, 1.807) is 0 Å². The summed E-state index contributed by atoms with van der Waals surface area (Å²) in [4.78, 5) is 4.51. The number of aryl methyl sites for hydroxylation is 1. The fourth-order valence-electron chi connectivity index (χ4n) is 2.13. The third-order valence-electron chi connectivity index (χ3n) is 3.00. The summed E-state index contributed by atoms with van der Waals surface area (Å²) in [6.07, 6.45) is 2.04. The van der Waals surface area contributed by atoms with Gasteiger partial charge in [-0.15, -0.1) is 0 Å². The van der Waals surface area contributed by atoms with Gasteiger partial charge in [-0.3, -0.25) is 0 Å². The summed E-state index contributed by atoms with van der Waals surface area (Å²) in [5.41, 5.74) is 6.95. The van der Waals surface area contributed by atoms with E-state index in [1.165, 1.54) is 0 Å². The SMILES string of the molecule is NC1CCCn2nc(-c3cccc(Cl)c3)nc21. The second-order valence-corrected chi connectivity index (χ2v) is 4.71. The maximum atomic E-state index is 6.02. The van der Waals surface area contributed by atoms with Crippen LogP contribution in [0.2, 0.25) is 5.02 Å². The topological polar surface area (TPSA) is 56.7 Å². The number of fused-ring (bicyclic) bond motifs is 1. The van der Waals surface area contributed by atoms with Crippen molar-refractivity contribution >= 4 is 11.6 Å². The summed E-state index contributed by atoms with van der Waals surface area (Å²) in [6.45, 7) is 0.899. The summed E-state index contributed by atoms with van der Waals surface area (Å²) in [6, 6.07) is 7.57. The maximum absolute atomic E-state index is 6.02. The van der Waals surface area contributed by atoms with Gasteiger partial charge in [0.25, 0.3) is 0 Å². The van der Waals surface area contributed by atoms with Crippen LogP contribution in [0.1, 0.15) is 24.7 Å². The van der Waals surface area contributed by atoms with Gasteiger partial charge in [-0.1, -0.05) is 23.7 Å². The van der Waals surface area contributed by atoms with Crippen molar-refractivity contribution in [1.82, 2.24) is 14.8 Å². The van der Waals surface area contributed by atoms with Crippen molar-refractivity contribution in [2.75, 3.05) is 0 Å². The van der Waals surface area contributed by atoms with Gasteiger partial charge in [0.1, 0.15) is 5.82 Å². The second-order valence-electron chi connectivity index (χ2n) is 4.28. The molecule has 0 spiro atoms. The Morgan fingerprint density at radius 3 is 3.06 bits per heavy atom. The van der Waals surface area contributed by atoms with Crippen LogP contribution < -0.4 is 5.73 Å². The summed E-state index contributed by atoms with van der Waals surface area (Å²) in [7, 11) is 0. The molecule has 0 fully saturated rings. The van der Waals surface area contributed by atoms with Gasteiger partial charge in [0.2, 0.25) is 0 Å². The fraction of sp³-hybridized carbons (Fsp3) is 0.333. The lowest BCUT2D eigenvalue weighted by molar-refractivity contribution is 0.422. The van der Waals surface area contributed by atoms with Crippen molar-refractivity contribution in [3.05, 3.63) is 35.1 Å². The molecule has 2 aromatic rings. The minimum absolute atomic E-state index is 0.00387. The van der Waals surface area contributed by atoms with E-state index in [1.807, 2.05) is 28.9 Å². The first-order valence-corrected chi connectivity index (χ1v) is 6.08. The van der Waals surface area contributed by atoms with E-state index in [4.69, 9.17) is 17.3 Å². The third-order valence-corrected chi connectivity index (χ3v) is 3.23. The monoisotopic (exact) mass is 248 g/mol. The van der Waals surface area contributed by atoms with E-state index < -0.39 is 0 Å². The molecule has 3 rings (SSSR count). The number of hydrogen-bond donors (Lipinski definition) is 1. The largest absolute Gasteiger partial charge is 0.321 e. The van der Waals surface area contributed by atoms with Crippen LogP contribution in [0.4, 0.5) is 0 Å². The van der Waals surface area contributed by atoms with Crippen molar-refractivity contribution in [1.29, 1.82) is 0 Å². The summed E-state index contributed by atoms with van der Waals surface area (Å²) >= 11 is 5.96. The number of halogens is 1. The third kappa shape index (κ3) is 1.94. The molecule has 0 saturated carbocycles. The van der Waals surface area contributed by atoms with Crippen LogP contribution in [0.25, 0.3) is 11.4 Å². The summed E-state index contributed by atoms with van der Waals surface area (Å²) < 4.78 is 1.91. The molecule has 1 unspecified atom stereocenters. The predicted molar refractivity (Wildman–Crippen MR) is 66.6 cm³/mol. The Bertz CT molecular complexity index is 549. The van der Waals surface area contributed by atoms with Crippen molar-refractivity contribution in [3.8, 4) is 11.4 Å². The van der Waals surface area contributed by atoms with Crippen LogP contribution in [-0.4, -0.2) is 14.8 Å². The Morgan fingerprint density at radius 1 is 1.41 bits per heavy atom. The molecule has 0 amide bonds. The highest BCUT2D eigenvalue weighted by atomic mass is 35.5. The highest BCUT2D eigenvalue weighted by Gasteiger charge is 2.21. The molecular weight excluding hydrogens is 236 g/mol. The van der Waals surface area contributed by atoms with Gasteiger partial charge in [-0.2, -0.15) is 5.10 Å². The Kier molecular flexibility index (Phi) is 2.61. The van der Waals surface area contributed by atoms with E-state index in [0.29, 0.717) is 10.8 Å². The van der Waals surface area contributed by atoms with Gasteiger partial charge in [0, 0.05) is 17.1 Å². The van der Waals surface area contributed by atoms with Crippen LogP contribution in [-0.2, 0) is 6.54 Å². The smallest absolute Gasteiger partial charge is 0.181 e. The molecule has 2 N–H and O–H groups in total. The van der Waals surface area contributed by atoms with Crippen molar-refractivity contribution in [2.45, 2.75) is 25.4 Å². The number of nitrogens with two attached hydrogens (primary N) is 1. The van der Waals surface area contributed by atoms with Crippen LogP contribution in [0.15, 0.2) is 24.3 Å². The first-order valence-electron chi connectivity index (χ1n) is 5.70. The zero-order valence-electron chi connectivity index (χ0n) is 9.31. The highest BCUT2D eigenvalue weighted by Crippen LogP contribution is 2.25. The van der Waals surface area contributed by atoms with E-state index >= 15 is 0 Å². The average Bonchev–Trinajstić information content (AvgIpc) is 2.74. The molecule has 17 heavy (non-hydrogen) atoms. The molecular formula is C12H13ClN4. The molecule has 1 aromatic heterocycles. The number of hydrogen-bond acceptors (Lipinski definition) is 3. The minimum atomic E-state index is 0.00387. The highest BCUT2D eigenvalue weighted by molar-refractivity contribution is 6.30. The van der Waals surface area contributed by atoms with Crippen molar-refractivity contribution in [3.63, 3.8) is 0 Å². The lowest BCUT2D eigenvalue weighted by Gasteiger charge is -2.17. The number of nitrogens with zero attached hydrogens (tertiary/aromatic N) is 3. The van der Waals surface area contributed by atoms with Gasteiger partial charge in [0.05, 0.1) is 6.04 Å². The van der Waals surface area contributed by atoms with Crippen LogP contribution in [0, 0.1) is 0 Å². The lowest BCUT2D eigenvalue weighted by atomic mass is 10.1. The van der Waals surface area contributed by atoms with Gasteiger partial charge in [-0.25, -0.2) is 9.67 Å². The maximum Gasteiger partial charge on any atom is 0.181 e. The standard InChI is InChI=1S/C12H13ClN4/c13-9-4-1-3-8(7-9)11-15-12-10(14)5-2-6-17(12)16-11/h1,3-4,7,10H,2,5-6,14H2. The van der Waals surface area contributed by atoms with Crippen LogP contribution >= 0.6 is 11.6 Å². The number of benzene rings is 1. The first kappa shape index (κ1) is 10.7. The van der Waals surface area contributed by atoms with Crippen LogP contribution in [0.3, 0.4) is 0 Å². The minimum Gasteiger partial charge on any atom is -0.321 e. The normalized spacial score (nSPS) is 19.1. The van der Waals surface area contributed by atoms with Gasteiger partial charge in [0.15, 0.2) is 5.82 Å². The zero-order chi connectivity index (χ0) is 11.8. The second kappa shape index (κ2) is 4.13. The lowest BCUT2D eigenvalue weighted by Crippen LogP contribution is -2.22. The van der Waals surface area contributed by atoms with E-state index in [2.05, 4.69) is 10.1 Å². The summed E-state index contributed by atoms with van der Waals surface area (Å²) in [5.74, 6) is 1.59. The van der Waals surface area contributed by atoms with E-state index in [-0.39, 0.29) is 6.04 Å². The van der Waals surface area contributed by atoms with E-state index in [0.717, 1.165) is 30.8 Å². The summed E-state index contributed by atoms with van der Waals surface area (Å²) in [5, 5.41) is 5.17. The van der Waals surface area contributed by atoms with Gasteiger partial charge in [-0.05, 0) is 25.0 Å². The molecule has 1 aliphatic heterocycles. The average molecular weight is 249 g/mol. The molecule has 4 nitrogen and oxygen atoms in total. The first-order chi connectivity index (χ1) is 8.24. The fourth-order valence-corrected chi connectivity index (χ4v) is 2.32. The Balaban J connectivity index is 2.05. The molecule has 0 bridgehead atoms. The van der Waals surface area contributed by atoms with Gasteiger partial charge < -0.3 is 5.73 Å². The molecule has 1 aromatic carbocycles. The Morgan fingerprint density at radius 2 is 2.29 bits per heavy atom. The van der Waals surface area contributed by atoms with Gasteiger partial charge >= 0.3 is 0 Å². The van der Waals surface area contributed by atoms with Crippen molar-refractivity contribution in [2.24, 2.45) is 5.73 Å². The quantitative estimate of drug-likeness (QED) is 0.843. The molecule has 5 heteroatoms. The van der Waals surface area contributed by atoms with E-state index in [9.17, 15) is 0 Å². The molecule has 1 aliphatic rings. The molecule has 0 radical (unpaired) electrons. The molecule has 0 saturated heterocycles. The van der Waals surface area contributed by atoms with Crippen molar-refractivity contribution < 1.29 is 0 Å². The van der Waals surface area contributed by atoms with Crippen LogP contribution in [0.5, 0.6) is 0 Å². The number of aromatic nitrogens is 3. The predicted octanol–water partition coefficient (Wildman–Crippen LogP) is 2.39. The molecule has 88 valence electrons. The Labute approximate surface area is 104 Å². The molecule has 1 atom stereocenters. The molecule has 0 aliphatic carbocycles. The number of rotatable bonds is 1.